The summed E-state index contributed by atoms with van der Waals surface area (Å²) in [4.78, 5) is 0. The molecule has 19 heavy (non-hydrogen) atoms. The third kappa shape index (κ3) is 1.85. The molecule has 3 N–H and O–H groups in total. The maximum atomic E-state index is 11.1. The Morgan fingerprint density at radius 1 is 1.21 bits per heavy atom. The van der Waals surface area contributed by atoms with Gasteiger partial charge in [0.25, 0.3) is 0 Å². The van der Waals surface area contributed by atoms with E-state index >= 15 is 0 Å². The minimum Gasteiger partial charge on any atom is -0.389 e. The first-order chi connectivity index (χ1) is 9.00. The summed E-state index contributed by atoms with van der Waals surface area (Å²) in [7, 11) is 0. The van der Waals surface area contributed by atoms with Crippen molar-refractivity contribution in [1.29, 1.82) is 0 Å². The Kier molecular flexibility index (Phi) is 2.99. The Morgan fingerprint density at radius 3 is 2.16 bits per heavy atom. The van der Waals surface area contributed by atoms with Gasteiger partial charge in [-0.2, -0.15) is 0 Å². The van der Waals surface area contributed by atoms with E-state index in [1.165, 1.54) is 11.1 Å². The number of hydrogen-bond acceptors (Lipinski definition) is 2. The predicted molar refractivity (Wildman–Crippen MR) is 77.8 cm³/mol. The highest BCUT2D eigenvalue weighted by Gasteiger charge is 2.58. The highest BCUT2D eigenvalue weighted by Crippen LogP contribution is 2.56. The number of hydrogen-bond donors (Lipinski definition) is 2. The lowest BCUT2D eigenvalue weighted by Crippen LogP contribution is -2.61. The smallest absolute Gasteiger partial charge is 0.0727 e. The van der Waals surface area contributed by atoms with Crippen LogP contribution in [0.3, 0.4) is 0 Å². The first kappa shape index (κ1) is 13.1. The molecular weight excluding hydrogens is 234 g/mol. The van der Waals surface area contributed by atoms with Gasteiger partial charge in [0.2, 0.25) is 0 Å². The number of nitrogens with two attached hydrogens (primary N) is 1. The lowest BCUT2D eigenvalue weighted by Gasteiger charge is -2.55. The van der Waals surface area contributed by atoms with Gasteiger partial charge >= 0.3 is 0 Å². The largest absolute Gasteiger partial charge is 0.389 e. The fraction of sp³-hybridized carbons (Fsp3) is 0.647. The maximum absolute atomic E-state index is 11.1. The van der Waals surface area contributed by atoms with E-state index in [9.17, 15) is 5.11 Å². The summed E-state index contributed by atoms with van der Waals surface area (Å²) in [5.74, 6) is 1.33. The highest BCUT2D eigenvalue weighted by atomic mass is 16.3. The molecule has 0 aromatic heterocycles. The van der Waals surface area contributed by atoms with Crippen molar-refractivity contribution >= 4 is 0 Å². The molecule has 0 bridgehead atoms. The fourth-order valence-electron chi connectivity index (χ4n) is 4.07. The topological polar surface area (TPSA) is 46.2 Å². The molecule has 0 saturated heterocycles. The first-order valence-corrected chi connectivity index (χ1v) is 7.49. The molecule has 3 rings (SSSR count). The molecule has 0 unspecified atom stereocenters. The van der Waals surface area contributed by atoms with Gasteiger partial charge in [-0.05, 0) is 48.6 Å². The summed E-state index contributed by atoms with van der Waals surface area (Å²) in [6, 6.07) is 8.56. The van der Waals surface area contributed by atoms with Crippen LogP contribution in [0.5, 0.6) is 0 Å². The average Bonchev–Trinajstić information content (AvgIpc) is 2.74. The van der Waals surface area contributed by atoms with Gasteiger partial charge in [-0.3, -0.25) is 0 Å². The molecule has 0 amide bonds. The molecule has 2 aliphatic rings. The Labute approximate surface area is 116 Å². The van der Waals surface area contributed by atoms with Crippen molar-refractivity contribution in [3.8, 4) is 0 Å². The Bertz CT molecular complexity index is 449. The lowest BCUT2D eigenvalue weighted by molar-refractivity contribution is -0.169. The van der Waals surface area contributed by atoms with Crippen molar-refractivity contribution in [2.75, 3.05) is 6.54 Å². The third-order valence-corrected chi connectivity index (χ3v) is 5.70. The molecule has 2 aliphatic carbocycles. The first-order valence-electron chi connectivity index (χ1n) is 7.49. The second kappa shape index (κ2) is 4.32. The summed E-state index contributed by atoms with van der Waals surface area (Å²) < 4.78 is 0. The molecule has 1 aromatic rings. The van der Waals surface area contributed by atoms with Gasteiger partial charge in [-0.1, -0.05) is 38.1 Å². The molecule has 0 aliphatic heterocycles. The quantitative estimate of drug-likeness (QED) is 0.876. The van der Waals surface area contributed by atoms with E-state index in [2.05, 4.69) is 38.1 Å². The van der Waals surface area contributed by atoms with Crippen molar-refractivity contribution < 1.29 is 5.11 Å². The van der Waals surface area contributed by atoms with Crippen molar-refractivity contribution in [3.05, 3.63) is 35.4 Å². The van der Waals surface area contributed by atoms with Gasteiger partial charge in [0.15, 0.2) is 0 Å². The zero-order valence-corrected chi connectivity index (χ0v) is 12.0. The molecule has 2 nitrogen and oxygen atoms in total. The summed E-state index contributed by atoms with van der Waals surface area (Å²) in [5.41, 5.74) is 8.20. The molecule has 2 heteroatoms. The van der Waals surface area contributed by atoms with Crippen LogP contribution in [0.25, 0.3) is 0 Å². The lowest BCUT2D eigenvalue weighted by atomic mass is 9.53. The van der Waals surface area contributed by atoms with Crippen LogP contribution in [0.4, 0.5) is 0 Å². The van der Waals surface area contributed by atoms with E-state index in [0.29, 0.717) is 18.4 Å². The Hall–Kier alpha value is -0.860. The van der Waals surface area contributed by atoms with E-state index < -0.39 is 5.60 Å². The number of benzene rings is 1. The summed E-state index contributed by atoms with van der Waals surface area (Å²) in [5, 5.41) is 11.1. The van der Waals surface area contributed by atoms with E-state index in [0.717, 1.165) is 25.7 Å². The van der Waals surface area contributed by atoms with E-state index in [-0.39, 0.29) is 5.41 Å². The monoisotopic (exact) mass is 259 g/mol. The van der Waals surface area contributed by atoms with Crippen molar-refractivity contribution in [1.82, 2.24) is 0 Å². The summed E-state index contributed by atoms with van der Waals surface area (Å²) >= 11 is 0. The summed E-state index contributed by atoms with van der Waals surface area (Å²) in [6.45, 7) is 5.09. The average molecular weight is 259 g/mol. The van der Waals surface area contributed by atoms with E-state index in [1.807, 2.05) is 0 Å². The minimum atomic E-state index is -0.546. The van der Waals surface area contributed by atoms with Crippen LogP contribution in [0, 0.1) is 17.3 Å². The van der Waals surface area contributed by atoms with E-state index in [4.69, 9.17) is 5.73 Å². The normalized spacial score (nSPS) is 32.2. The van der Waals surface area contributed by atoms with Crippen LogP contribution in [0.1, 0.15) is 37.8 Å². The molecule has 104 valence electrons. The van der Waals surface area contributed by atoms with Crippen molar-refractivity contribution in [2.24, 2.45) is 23.0 Å². The SMILES string of the molecule is CC(C)C1CC(O)(C2(CN)Cc3ccccc3C2)C1. The van der Waals surface area contributed by atoms with E-state index in [1.54, 1.807) is 0 Å². The zero-order chi connectivity index (χ0) is 13.7. The van der Waals surface area contributed by atoms with Crippen LogP contribution in [-0.2, 0) is 12.8 Å². The van der Waals surface area contributed by atoms with Gasteiger partial charge in [0.1, 0.15) is 0 Å². The maximum Gasteiger partial charge on any atom is 0.0727 e. The molecular formula is C17H25NO. The third-order valence-electron chi connectivity index (χ3n) is 5.70. The molecule has 0 radical (unpaired) electrons. The number of fused-ring (bicyclic) bond motifs is 1. The Balaban J connectivity index is 1.84. The molecule has 0 spiro atoms. The van der Waals surface area contributed by atoms with Crippen LogP contribution < -0.4 is 5.73 Å². The van der Waals surface area contributed by atoms with Crippen LogP contribution >= 0.6 is 0 Å². The van der Waals surface area contributed by atoms with Crippen LogP contribution in [-0.4, -0.2) is 17.3 Å². The zero-order valence-electron chi connectivity index (χ0n) is 12.0. The number of rotatable bonds is 3. The highest BCUT2D eigenvalue weighted by molar-refractivity contribution is 5.37. The van der Waals surface area contributed by atoms with Crippen LogP contribution in [0.2, 0.25) is 0 Å². The van der Waals surface area contributed by atoms with Gasteiger partial charge in [0.05, 0.1) is 5.60 Å². The van der Waals surface area contributed by atoms with Gasteiger partial charge < -0.3 is 10.8 Å². The van der Waals surface area contributed by atoms with Crippen molar-refractivity contribution in [3.63, 3.8) is 0 Å². The molecule has 1 saturated carbocycles. The van der Waals surface area contributed by atoms with Gasteiger partial charge in [-0.15, -0.1) is 0 Å². The Morgan fingerprint density at radius 2 is 1.74 bits per heavy atom. The van der Waals surface area contributed by atoms with Crippen LogP contribution in [0.15, 0.2) is 24.3 Å². The standard InChI is InChI=1S/C17H25NO/c1-12(2)15-9-17(19,10-15)16(11-18)7-13-5-3-4-6-14(13)8-16/h3-6,12,15,19H,7-11,18H2,1-2H3. The van der Waals surface area contributed by atoms with Gasteiger partial charge in [-0.25, -0.2) is 0 Å². The number of aliphatic hydroxyl groups is 1. The molecule has 1 fully saturated rings. The summed E-state index contributed by atoms with van der Waals surface area (Å²) in [6.07, 6.45) is 3.74. The molecule has 0 atom stereocenters. The minimum absolute atomic E-state index is 0.123. The van der Waals surface area contributed by atoms with Crippen molar-refractivity contribution in [2.45, 2.75) is 45.1 Å². The fourth-order valence-corrected chi connectivity index (χ4v) is 4.07. The predicted octanol–water partition coefficient (Wildman–Crippen LogP) is 2.53. The molecule has 1 aromatic carbocycles. The molecule has 0 heterocycles. The second-order valence-corrected chi connectivity index (χ2v) is 7.05. The second-order valence-electron chi connectivity index (χ2n) is 7.05. The van der Waals surface area contributed by atoms with Gasteiger partial charge in [0, 0.05) is 12.0 Å².